The Morgan fingerprint density at radius 3 is 2.94 bits per heavy atom. The van der Waals surface area contributed by atoms with Gasteiger partial charge >= 0.3 is 0 Å². The third-order valence-corrected chi connectivity index (χ3v) is 2.75. The average Bonchev–Trinajstić information content (AvgIpc) is 2.93. The lowest BCUT2D eigenvalue weighted by atomic mass is 10.1. The van der Waals surface area contributed by atoms with Crippen LogP contribution in [-0.4, -0.2) is 17.3 Å². The number of rotatable bonds is 4. The molecule has 0 spiro atoms. The van der Waals surface area contributed by atoms with E-state index in [0.29, 0.717) is 17.0 Å². The highest BCUT2D eigenvalue weighted by atomic mass is 16.5. The molecule has 0 bridgehead atoms. The lowest BCUT2D eigenvalue weighted by Gasteiger charge is -2.17. The van der Waals surface area contributed by atoms with E-state index in [-0.39, 0.29) is 6.04 Å². The minimum absolute atomic E-state index is 0.0344. The van der Waals surface area contributed by atoms with Crippen LogP contribution in [0.4, 0.5) is 5.69 Å². The first-order chi connectivity index (χ1) is 8.76. The summed E-state index contributed by atoms with van der Waals surface area (Å²) in [6.45, 7) is 2.00. The second-order valence-corrected chi connectivity index (χ2v) is 3.89. The summed E-state index contributed by atoms with van der Waals surface area (Å²) in [6.07, 6.45) is 3.57. The number of methoxy groups -OCH3 is 1. The number of nitrogens with zero attached hydrogens (tertiary/aromatic N) is 2. The van der Waals surface area contributed by atoms with E-state index < -0.39 is 0 Å². The van der Waals surface area contributed by atoms with Crippen LogP contribution in [0.5, 0.6) is 5.75 Å². The molecule has 0 fully saturated rings. The second kappa shape index (κ2) is 5.23. The number of aromatic amines is 1. The quantitative estimate of drug-likeness (QED) is 0.863. The van der Waals surface area contributed by atoms with E-state index in [4.69, 9.17) is 10.00 Å². The van der Waals surface area contributed by atoms with E-state index in [9.17, 15) is 0 Å². The van der Waals surface area contributed by atoms with Gasteiger partial charge in [0.1, 0.15) is 11.8 Å². The van der Waals surface area contributed by atoms with Crippen LogP contribution in [0.25, 0.3) is 0 Å². The van der Waals surface area contributed by atoms with Crippen molar-refractivity contribution in [3.8, 4) is 11.8 Å². The largest absolute Gasteiger partial charge is 0.495 e. The Balaban J connectivity index is 2.31. The van der Waals surface area contributed by atoms with E-state index in [2.05, 4.69) is 21.6 Å². The molecule has 1 unspecified atom stereocenters. The number of nitriles is 1. The van der Waals surface area contributed by atoms with E-state index in [1.807, 2.05) is 19.2 Å². The highest BCUT2D eigenvalue weighted by molar-refractivity contribution is 5.67. The van der Waals surface area contributed by atoms with Crippen LogP contribution in [-0.2, 0) is 0 Å². The van der Waals surface area contributed by atoms with Crippen molar-refractivity contribution in [2.75, 3.05) is 12.4 Å². The first-order valence-electron chi connectivity index (χ1n) is 5.58. The minimum atomic E-state index is 0.0344. The van der Waals surface area contributed by atoms with E-state index in [1.54, 1.807) is 25.4 Å². The molecule has 5 heteroatoms. The fourth-order valence-electron chi connectivity index (χ4n) is 1.74. The molecule has 0 radical (unpaired) electrons. The van der Waals surface area contributed by atoms with Crippen molar-refractivity contribution in [3.63, 3.8) is 0 Å². The van der Waals surface area contributed by atoms with Gasteiger partial charge in [-0.25, -0.2) is 0 Å². The highest BCUT2D eigenvalue weighted by Gasteiger charge is 2.13. The number of aromatic nitrogens is 2. The van der Waals surface area contributed by atoms with Crippen molar-refractivity contribution in [2.45, 2.75) is 13.0 Å². The zero-order valence-corrected chi connectivity index (χ0v) is 10.3. The molecule has 0 aliphatic rings. The van der Waals surface area contributed by atoms with Crippen molar-refractivity contribution >= 4 is 5.69 Å². The summed E-state index contributed by atoms with van der Waals surface area (Å²) < 4.78 is 5.27. The van der Waals surface area contributed by atoms with Crippen molar-refractivity contribution in [1.82, 2.24) is 10.2 Å². The molecule has 0 amide bonds. The molecule has 1 atom stereocenters. The van der Waals surface area contributed by atoms with Crippen LogP contribution < -0.4 is 10.1 Å². The molecule has 0 aliphatic carbocycles. The molecule has 92 valence electrons. The van der Waals surface area contributed by atoms with E-state index in [0.717, 1.165) is 5.56 Å². The first kappa shape index (κ1) is 12.0. The summed E-state index contributed by atoms with van der Waals surface area (Å²) in [5, 5.41) is 19.1. The molecule has 0 saturated carbocycles. The van der Waals surface area contributed by atoms with Crippen molar-refractivity contribution in [1.29, 1.82) is 5.26 Å². The van der Waals surface area contributed by atoms with Gasteiger partial charge in [-0.3, -0.25) is 5.10 Å². The Morgan fingerprint density at radius 2 is 2.33 bits per heavy atom. The number of hydrogen-bond donors (Lipinski definition) is 2. The van der Waals surface area contributed by atoms with Crippen LogP contribution in [0.15, 0.2) is 30.6 Å². The zero-order chi connectivity index (χ0) is 13.0. The average molecular weight is 242 g/mol. The lowest BCUT2D eigenvalue weighted by Crippen LogP contribution is -2.08. The Morgan fingerprint density at radius 1 is 1.50 bits per heavy atom. The van der Waals surface area contributed by atoms with Gasteiger partial charge in [-0.15, -0.1) is 0 Å². The number of para-hydroxylation sites is 1. The zero-order valence-electron chi connectivity index (χ0n) is 10.3. The maximum absolute atomic E-state index is 9.12. The van der Waals surface area contributed by atoms with Gasteiger partial charge in [0.25, 0.3) is 0 Å². The molecule has 1 aromatic heterocycles. The number of ether oxygens (including phenoxy) is 1. The van der Waals surface area contributed by atoms with Gasteiger partial charge in [-0.1, -0.05) is 6.07 Å². The van der Waals surface area contributed by atoms with Crippen molar-refractivity contribution < 1.29 is 4.74 Å². The summed E-state index contributed by atoms with van der Waals surface area (Å²) in [4.78, 5) is 0. The summed E-state index contributed by atoms with van der Waals surface area (Å²) >= 11 is 0. The number of anilines is 1. The Kier molecular flexibility index (Phi) is 3.49. The SMILES string of the molecule is COc1cccc(C#N)c1NC(C)c1cn[nH]c1. The van der Waals surface area contributed by atoms with Gasteiger partial charge in [0.2, 0.25) is 0 Å². The Hall–Kier alpha value is -2.48. The summed E-state index contributed by atoms with van der Waals surface area (Å²) in [5.41, 5.74) is 2.28. The monoisotopic (exact) mass is 242 g/mol. The first-order valence-corrected chi connectivity index (χ1v) is 5.58. The summed E-state index contributed by atoms with van der Waals surface area (Å²) in [7, 11) is 1.59. The van der Waals surface area contributed by atoms with Crippen LogP contribution in [0.2, 0.25) is 0 Å². The molecule has 18 heavy (non-hydrogen) atoms. The van der Waals surface area contributed by atoms with Crippen LogP contribution in [0.1, 0.15) is 24.1 Å². The van der Waals surface area contributed by atoms with Crippen LogP contribution in [0.3, 0.4) is 0 Å². The predicted octanol–water partition coefficient (Wildman–Crippen LogP) is 2.46. The fourth-order valence-corrected chi connectivity index (χ4v) is 1.74. The molecule has 1 heterocycles. The number of hydrogen-bond acceptors (Lipinski definition) is 4. The Bertz CT molecular complexity index is 557. The van der Waals surface area contributed by atoms with Crippen LogP contribution in [0, 0.1) is 11.3 Å². The normalized spacial score (nSPS) is 11.6. The molecule has 0 saturated heterocycles. The van der Waals surface area contributed by atoms with Crippen LogP contribution >= 0.6 is 0 Å². The maximum Gasteiger partial charge on any atom is 0.143 e. The molecule has 5 nitrogen and oxygen atoms in total. The molecule has 2 aromatic rings. The van der Waals surface area contributed by atoms with E-state index >= 15 is 0 Å². The van der Waals surface area contributed by atoms with Gasteiger partial charge in [-0.2, -0.15) is 10.4 Å². The highest BCUT2D eigenvalue weighted by Crippen LogP contribution is 2.31. The van der Waals surface area contributed by atoms with Gasteiger partial charge in [0.15, 0.2) is 0 Å². The number of benzene rings is 1. The molecular weight excluding hydrogens is 228 g/mol. The summed E-state index contributed by atoms with van der Waals surface area (Å²) in [6, 6.07) is 7.57. The van der Waals surface area contributed by atoms with Gasteiger partial charge in [0, 0.05) is 11.8 Å². The van der Waals surface area contributed by atoms with Gasteiger partial charge in [-0.05, 0) is 19.1 Å². The number of H-pyrrole nitrogens is 1. The number of nitrogens with one attached hydrogen (secondary N) is 2. The smallest absolute Gasteiger partial charge is 0.143 e. The standard InChI is InChI=1S/C13H14N4O/c1-9(11-7-15-16-8-11)17-13-10(6-14)4-3-5-12(13)18-2/h3-5,7-9,17H,1-2H3,(H,15,16). The molecule has 2 rings (SSSR count). The minimum Gasteiger partial charge on any atom is -0.495 e. The summed E-state index contributed by atoms with van der Waals surface area (Å²) in [5.74, 6) is 0.657. The lowest BCUT2D eigenvalue weighted by molar-refractivity contribution is 0.416. The molecule has 0 aliphatic heterocycles. The maximum atomic E-state index is 9.12. The fraction of sp³-hybridized carbons (Fsp3) is 0.231. The Labute approximate surface area is 105 Å². The molecule has 2 N–H and O–H groups in total. The van der Waals surface area contributed by atoms with E-state index in [1.165, 1.54) is 0 Å². The van der Waals surface area contributed by atoms with Crippen molar-refractivity contribution in [3.05, 3.63) is 41.7 Å². The second-order valence-electron chi connectivity index (χ2n) is 3.89. The third kappa shape index (κ3) is 2.28. The van der Waals surface area contributed by atoms with Crippen molar-refractivity contribution in [2.24, 2.45) is 0 Å². The topological polar surface area (TPSA) is 73.7 Å². The predicted molar refractivity (Wildman–Crippen MR) is 68.3 cm³/mol. The third-order valence-electron chi connectivity index (χ3n) is 2.75. The van der Waals surface area contributed by atoms with Gasteiger partial charge in [0.05, 0.1) is 30.6 Å². The molecule has 1 aromatic carbocycles. The molecular formula is C13H14N4O. The van der Waals surface area contributed by atoms with Gasteiger partial charge < -0.3 is 10.1 Å².